The summed E-state index contributed by atoms with van der Waals surface area (Å²) in [7, 11) is 0. The monoisotopic (exact) mass is 396 g/mol. The number of hydrogen-bond acceptors (Lipinski definition) is 6. The lowest BCUT2D eigenvalue weighted by atomic mass is 10.2. The van der Waals surface area contributed by atoms with Crippen LogP contribution in [0.3, 0.4) is 0 Å². The van der Waals surface area contributed by atoms with Crippen molar-refractivity contribution in [1.82, 2.24) is 10.2 Å². The van der Waals surface area contributed by atoms with Crippen molar-refractivity contribution in [3.63, 3.8) is 0 Å². The first-order valence-corrected chi connectivity index (χ1v) is 8.48. The Hall–Kier alpha value is -2.22. The number of carboxylic acids is 1. The van der Waals surface area contributed by atoms with E-state index in [0.717, 1.165) is 11.8 Å². The van der Waals surface area contributed by atoms with Gasteiger partial charge in [0.2, 0.25) is 5.89 Å². The number of hydrogen-bond donors (Lipinski definition) is 1. The van der Waals surface area contributed by atoms with E-state index in [0.29, 0.717) is 33.0 Å². The fourth-order valence-corrected chi connectivity index (χ4v) is 3.14. The van der Waals surface area contributed by atoms with Crippen molar-refractivity contribution in [1.29, 1.82) is 0 Å². The predicted octanol–water partition coefficient (Wildman–Crippen LogP) is 5.16. The molecule has 128 valence electrons. The van der Waals surface area contributed by atoms with Crippen molar-refractivity contribution in [2.24, 2.45) is 0 Å². The molecule has 2 heterocycles. The molecule has 0 atom stereocenters. The van der Waals surface area contributed by atoms with E-state index in [-0.39, 0.29) is 10.1 Å². The van der Waals surface area contributed by atoms with E-state index in [1.54, 1.807) is 37.3 Å². The minimum Gasteiger partial charge on any atom is -0.477 e. The number of nitrogens with zero attached hydrogens (tertiary/aromatic N) is 2. The van der Waals surface area contributed by atoms with Crippen LogP contribution in [-0.4, -0.2) is 21.3 Å². The van der Waals surface area contributed by atoms with Crippen LogP contribution in [0.5, 0.6) is 0 Å². The smallest absolute Gasteiger partial charge is 0.342 e. The zero-order valence-electron chi connectivity index (χ0n) is 12.7. The summed E-state index contributed by atoms with van der Waals surface area (Å²) in [4.78, 5) is 11.4. The third-order valence-electron chi connectivity index (χ3n) is 3.01. The van der Waals surface area contributed by atoms with Gasteiger partial charge in [0.15, 0.2) is 0 Å². The van der Waals surface area contributed by atoms with Crippen LogP contribution in [0, 0.1) is 6.92 Å². The summed E-state index contributed by atoms with van der Waals surface area (Å²) in [5.41, 5.74) is 0.655. The molecule has 0 amide bonds. The Morgan fingerprint density at radius 3 is 2.64 bits per heavy atom. The van der Waals surface area contributed by atoms with Gasteiger partial charge in [-0.25, -0.2) is 4.79 Å². The number of rotatable bonds is 5. The van der Waals surface area contributed by atoms with Gasteiger partial charge < -0.3 is 13.9 Å². The molecule has 2 aromatic heterocycles. The van der Waals surface area contributed by atoms with Gasteiger partial charge in [-0.1, -0.05) is 23.2 Å². The largest absolute Gasteiger partial charge is 0.477 e. The van der Waals surface area contributed by atoms with E-state index in [1.165, 1.54) is 6.08 Å². The van der Waals surface area contributed by atoms with Crippen molar-refractivity contribution in [2.45, 2.75) is 12.1 Å². The summed E-state index contributed by atoms with van der Waals surface area (Å²) in [5, 5.41) is 17.9. The normalized spacial score (nSPS) is 11.7. The minimum absolute atomic E-state index is 0.0215. The van der Waals surface area contributed by atoms with Crippen LogP contribution in [-0.2, 0) is 4.79 Å². The van der Waals surface area contributed by atoms with Crippen LogP contribution in [0.25, 0.3) is 17.4 Å². The van der Waals surface area contributed by atoms with Gasteiger partial charge in [-0.3, -0.25) is 0 Å². The van der Waals surface area contributed by atoms with E-state index in [2.05, 4.69) is 10.2 Å². The second kappa shape index (κ2) is 7.35. The van der Waals surface area contributed by atoms with Gasteiger partial charge in [0.25, 0.3) is 5.22 Å². The van der Waals surface area contributed by atoms with E-state index < -0.39 is 5.97 Å². The maximum absolute atomic E-state index is 11.4. The number of aryl methyl sites for hydroxylation is 1. The van der Waals surface area contributed by atoms with Crippen molar-refractivity contribution >= 4 is 47.0 Å². The van der Waals surface area contributed by atoms with Crippen LogP contribution >= 0.6 is 35.0 Å². The van der Waals surface area contributed by atoms with Gasteiger partial charge in [-0.2, -0.15) is 0 Å². The molecule has 0 unspecified atom stereocenters. The summed E-state index contributed by atoms with van der Waals surface area (Å²) in [5.74, 6) is 0.0617. The highest BCUT2D eigenvalue weighted by atomic mass is 35.5. The van der Waals surface area contributed by atoms with Gasteiger partial charge in [-0.15, -0.1) is 10.2 Å². The summed E-state index contributed by atoms with van der Waals surface area (Å²) in [6.45, 7) is 1.62. The first-order chi connectivity index (χ1) is 11.9. The topological polar surface area (TPSA) is 89.4 Å². The average Bonchev–Trinajstić information content (AvgIpc) is 3.16. The quantitative estimate of drug-likeness (QED) is 0.470. The Morgan fingerprint density at radius 2 is 2.00 bits per heavy atom. The van der Waals surface area contributed by atoms with Gasteiger partial charge >= 0.3 is 5.97 Å². The third kappa shape index (κ3) is 4.25. The SMILES string of the molecule is Cc1nnc(S/C(=C/c2ccc(-c3ccc(Cl)cc3Cl)o2)C(=O)O)o1. The first-order valence-electron chi connectivity index (χ1n) is 6.90. The van der Waals surface area contributed by atoms with Crippen LogP contribution < -0.4 is 0 Å². The van der Waals surface area contributed by atoms with Crippen molar-refractivity contribution < 1.29 is 18.7 Å². The Labute approximate surface area is 156 Å². The molecule has 0 saturated heterocycles. The van der Waals surface area contributed by atoms with Crippen molar-refractivity contribution in [2.75, 3.05) is 0 Å². The zero-order valence-corrected chi connectivity index (χ0v) is 15.0. The molecule has 0 fully saturated rings. The Morgan fingerprint density at radius 1 is 1.20 bits per heavy atom. The molecule has 0 saturated carbocycles. The van der Waals surface area contributed by atoms with Gasteiger partial charge in [0, 0.05) is 23.6 Å². The van der Waals surface area contributed by atoms with E-state index in [9.17, 15) is 9.90 Å². The third-order valence-corrected chi connectivity index (χ3v) is 4.41. The molecule has 3 aromatic rings. The van der Waals surface area contributed by atoms with Crippen molar-refractivity contribution in [3.05, 3.63) is 56.9 Å². The lowest BCUT2D eigenvalue weighted by molar-refractivity contribution is -0.131. The fourth-order valence-electron chi connectivity index (χ4n) is 1.94. The first kappa shape index (κ1) is 17.6. The number of aromatic nitrogens is 2. The van der Waals surface area contributed by atoms with E-state index in [1.807, 2.05) is 0 Å². The molecule has 25 heavy (non-hydrogen) atoms. The molecule has 0 radical (unpaired) electrons. The van der Waals surface area contributed by atoms with Crippen LogP contribution in [0.4, 0.5) is 0 Å². The molecular weight excluding hydrogens is 387 g/mol. The summed E-state index contributed by atoms with van der Waals surface area (Å²) in [6, 6.07) is 8.36. The number of aliphatic carboxylic acids is 1. The molecule has 0 spiro atoms. The molecular formula is C16H10Cl2N2O4S. The molecule has 0 aliphatic heterocycles. The molecule has 3 rings (SSSR count). The highest BCUT2D eigenvalue weighted by Gasteiger charge is 2.16. The number of thioether (sulfide) groups is 1. The predicted molar refractivity (Wildman–Crippen MR) is 94.7 cm³/mol. The second-order valence-electron chi connectivity index (χ2n) is 4.83. The van der Waals surface area contributed by atoms with Gasteiger partial charge in [0.05, 0.1) is 5.02 Å². The molecule has 6 nitrogen and oxygen atoms in total. The van der Waals surface area contributed by atoms with Crippen LogP contribution in [0.2, 0.25) is 10.0 Å². The number of benzene rings is 1. The zero-order chi connectivity index (χ0) is 18.0. The molecule has 0 bridgehead atoms. The maximum atomic E-state index is 11.4. The highest BCUT2D eigenvalue weighted by molar-refractivity contribution is 8.03. The number of halogens is 2. The molecule has 1 N–H and O–H groups in total. The lowest BCUT2D eigenvalue weighted by Crippen LogP contribution is -1.96. The highest BCUT2D eigenvalue weighted by Crippen LogP contribution is 2.33. The molecule has 9 heteroatoms. The average molecular weight is 397 g/mol. The van der Waals surface area contributed by atoms with E-state index >= 15 is 0 Å². The van der Waals surface area contributed by atoms with Gasteiger partial charge in [0.1, 0.15) is 16.4 Å². The summed E-state index contributed by atoms with van der Waals surface area (Å²) >= 11 is 12.9. The lowest BCUT2D eigenvalue weighted by Gasteiger charge is -2.01. The van der Waals surface area contributed by atoms with E-state index in [4.69, 9.17) is 32.0 Å². The molecule has 0 aliphatic rings. The van der Waals surface area contributed by atoms with Crippen LogP contribution in [0.1, 0.15) is 11.7 Å². The summed E-state index contributed by atoms with van der Waals surface area (Å²) < 4.78 is 10.8. The van der Waals surface area contributed by atoms with Crippen molar-refractivity contribution in [3.8, 4) is 11.3 Å². The number of carbonyl (C=O) groups is 1. The molecule has 0 aliphatic carbocycles. The fraction of sp³-hybridized carbons (Fsp3) is 0.0625. The summed E-state index contributed by atoms with van der Waals surface area (Å²) in [6.07, 6.45) is 1.37. The Balaban J connectivity index is 1.88. The van der Waals surface area contributed by atoms with Gasteiger partial charge in [-0.05, 0) is 42.1 Å². The standard InChI is InChI=1S/C16H10Cl2N2O4S/c1-8-19-20-16(23-8)25-14(15(21)22)7-10-3-5-13(24-10)11-4-2-9(17)6-12(11)18/h2-7H,1H3,(H,21,22)/b14-7+. The Bertz CT molecular complexity index is 965. The maximum Gasteiger partial charge on any atom is 0.342 e. The minimum atomic E-state index is -1.14. The number of carboxylic acid groups (broad SMARTS) is 1. The Kier molecular flexibility index (Phi) is 5.17. The second-order valence-corrected chi connectivity index (χ2v) is 6.67. The molecule has 1 aromatic carbocycles. The van der Waals surface area contributed by atoms with Crippen LogP contribution in [0.15, 0.2) is 49.3 Å². The number of furan rings is 1.